The third kappa shape index (κ3) is 5.08. The van der Waals surface area contributed by atoms with E-state index in [-0.39, 0.29) is 0 Å². The zero-order valence-electron chi connectivity index (χ0n) is 13.0. The summed E-state index contributed by atoms with van der Waals surface area (Å²) in [5, 5.41) is 5.23. The molecule has 1 aliphatic rings. The molecule has 1 fully saturated rings. The molecule has 118 valence electrons. The van der Waals surface area contributed by atoms with Gasteiger partial charge < -0.3 is 10.1 Å². The van der Waals surface area contributed by atoms with E-state index in [1.165, 1.54) is 37.0 Å². The standard InChI is InChI=1S/C17H26ClNOS/c1-3-9-19-15(17-6-4-5-10-21-17)12-13-11-14(18)7-8-16(13)20-2/h7-8,11,15,17,19H,3-6,9-10,12H2,1-2H3. The summed E-state index contributed by atoms with van der Waals surface area (Å²) in [6.07, 6.45) is 6.19. The van der Waals surface area contributed by atoms with E-state index >= 15 is 0 Å². The summed E-state index contributed by atoms with van der Waals surface area (Å²) < 4.78 is 5.50. The Bertz CT molecular complexity index is 435. The predicted octanol–water partition coefficient (Wildman–Crippen LogP) is 4.55. The first-order chi connectivity index (χ1) is 10.2. The molecule has 0 aliphatic carbocycles. The molecule has 1 aromatic carbocycles. The second-order valence-corrected chi connectivity index (χ2v) is 7.41. The van der Waals surface area contributed by atoms with Gasteiger partial charge in [0.25, 0.3) is 0 Å². The lowest BCUT2D eigenvalue weighted by Gasteiger charge is -2.31. The molecule has 0 spiro atoms. The summed E-state index contributed by atoms with van der Waals surface area (Å²) in [6.45, 7) is 3.29. The maximum absolute atomic E-state index is 6.17. The second kappa shape index (κ2) is 8.92. The number of nitrogens with one attached hydrogen (secondary N) is 1. The molecule has 0 bridgehead atoms. The van der Waals surface area contributed by atoms with Crippen molar-refractivity contribution in [3.8, 4) is 5.75 Å². The molecule has 2 rings (SSSR count). The van der Waals surface area contributed by atoms with Crippen molar-refractivity contribution in [2.75, 3.05) is 19.4 Å². The summed E-state index contributed by atoms with van der Waals surface area (Å²) >= 11 is 8.29. The summed E-state index contributed by atoms with van der Waals surface area (Å²) in [6, 6.07) is 6.42. The van der Waals surface area contributed by atoms with Crippen molar-refractivity contribution in [3.63, 3.8) is 0 Å². The van der Waals surface area contributed by atoms with Crippen LogP contribution >= 0.6 is 23.4 Å². The zero-order valence-corrected chi connectivity index (χ0v) is 14.6. The molecule has 1 aromatic rings. The van der Waals surface area contributed by atoms with E-state index in [4.69, 9.17) is 16.3 Å². The molecular weight excluding hydrogens is 302 g/mol. The molecule has 2 unspecified atom stereocenters. The van der Waals surface area contributed by atoms with E-state index in [0.717, 1.165) is 23.7 Å². The Hall–Kier alpha value is -0.380. The molecule has 1 heterocycles. The third-order valence-electron chi connectivity index (χ3n) is 4.00. The van der Waals surface area contributed by atoms with Gasteiger partial charge in [-0.1, -0.05) is 24.9 Å². The average Bonchev–Trinajstić information content (AvgIpc) is 2.52. The first-order valence-corrected chi connectivity index (χ1v) is 9.34. The van der Waals surface area contributed by atoms with Crippen LogP contribution < -0.4 is 10.1 Å². The second-order valence-electron chi connectivity index (χ2n) is 5.63. The lowest BCUT2D eigenvalue weighted by molar-refractivity contribution is 0.401. The van der Waals surface area contributed by atoms with Gasteiger partial charge in [-0.05, 0) is 61.7 Å². The number of ether oxygens (including phenoxy) is 1. The molecule has 0 radical (unpaired) electrons. The van der Waals surface area contributed by atoms with Crippen molar-refractivity contribution in [2.24, 2.45) is 0 Å². The van der Waals surface area contributed by atoms with Crippen LogP contribution in [0.2, 0.25) is 5.02 Å². The largest absolute Gasteiger partial charge is 0.496 e. The van der Waals surface area contributed by atoms with Gasteiger partial charge in [0.1, 0.15) is 5.75 Å². The highest BCUT2D eigenvalue weighted by atomic mass is 35.5. The van der Waals surface area contributed by atoms with Crippen LogP contribution in [0, 0.1) is 0 Å². The Kier molecular flexibility index (Phi) is 7.21. The summed E-state index contributed by atoms with van der Waals surface area (Å²) in [5.41, 5.74) is 1.21. The van der Waals surface area contributed by atoms with Crippen molar-refractivity contribution in [3.05, 3.63) is 28.8 Å². The minimum absolute atomic E-state index is 0.502. The van der Waals surface area contributed by atoms with Crippen molar-refractivity contribution < 1.29 is 4.74 Å². The Labute approximate surface area is 138 Å². The van der Waals surface area contributed by atoms with Gasteiger partial charge in [0.05, 0.1) is 7.11 Å². The van der Waals surface area contributed by atoms with Crippen LogP contribution in [0.5, 0.6) is 5.75 Å². The summed E-state index contributed by atoms with van der Waals surface area (Å²) in [7, 11) is 1.73. The van der Waals surface area contributed by atoms with E-state index < -0.39 is 0 Å². The minimum atomic E-state index is 0.502. The Morgan fingerprint density at radius 1 is 1.43 bits per heavy atom. The molecule has 0 aromatic heterocycles. The van der Waals surface area contributed by atoms with Crippen LogP contribution in [-0.2, 0) is 6.42 Å². The van der Waals surface area contributed by atoms with Crippen LogP contribution in [0.3, 0.4) is 0 Å². The maximum Gasteiger partial charge on any atom is 0.122 e. The van der Waals surface area contributed by atoms with Crippen LogP contribution in [0.1, 0.15) is 38.2 Å². The van der Waals surface area contributed by atoms with Gasteiger partial charge in [-0.25, -0.2) is 0 Å². The SMILES string of the molecule is CCCNC(Cc1cc(Cl)ccc1OC)C1CCCCS1. The highest BCUT2D eigenvalue weighted by Crippen LogP contribution is 2.31. The number of hydrogen-bond acceptors (Lipinski definition) is 3. The number of hydrogen-bond donors (Lipinski definition) is 1. The topological polar surface area (TPSA) is 21.3 Å². The summed E-state index contributed by atoms with van der Waals surface area (Å²) in [5.74, 6) is 2.24. The zero-order chi connectivity index (χ0) is 15.1. The molecule has 1 N–H and O–H groups in total. The monoisotopic (exact) mass is 327 g/mol. The normalized spacial score (nSPS) is 20.2. The van der Waals surface area contributed by atoms with E-state index in [1.54, 1.807) is 7.11 Å². The van der Waals surface area contributed by atoms with Crippen LogP contribution in [-0.4, -0.2) is 30.7 Å². The fourth-order valence-electron chi connectivity index (χ4n) is 2.89. The fourth-order valence-corrected chi connectivity index (χ4v) is 4.52. The van der Waals surface area contributed by atoms with E-state index in [2.05, 4.69) is 30.1 Å². The number of rotatable bonds is 7. The van der Waals surface area contributed by atoms with Crippen LogP contribution in [0.15, 0.2) is 18.2 Å². The number of thioether (sulfide) groups is 1. The van der Waals surface area contributed by atoms with E-state index in [1.807, 2.05) is 12.1 Å². The molecule has 0 saturated carbocycles. The van der Waals surface area contributed by atoms with Gasteiger partial charge in [0, 0.05) is 16.3 Å². The number of benzene rings is 1. The fraction of sp³-hybridized carbons (Fsp3) is 0.647. The molecule has 2 nitrogen and oxygen atoms in total. The Balaban J connectivity index is 2.11. The van der Waals surface area contributed by atoms with Crippen molar-refractivity contribution in [1.29, 1.82) is 0 Å². The molecule has 2 atom stereocenters. The van der Waals surface area contributed by atoms with Gasteiger partial charge in [0.15, 0.2) is 0 Å². The first kappa shape index (κ1) is 17.0. The quantitative estimate of drug-likeness (QED) is 0.794. The molecule has 1 saturated heterocycles. The van der Waals surface area contributed by atoms with Gasteiger partial charge >= 0.3 is 0 Å². The highest BCUT2D eigenvalue weighted by Gasteiger charge is 2.25. The lowest BCUT2D eigenvalue weighted by atomic mass is 9.98. The lowest BCUT2D eigenvalue weighted by Crippen LogP contribution is -2.41. The van der Waals surface area contributed by atoms with E-state index in [0.29, 0.717) is 11.3 Å². The third-order valence-corrected chi connectivity index (χ3v) is 5.75. The minimum Gasteiger partial charge on any atom is -0.496 e. The van der Waals surface area contributed by atoms with Gasteiger partial charge in [-0.3, -0.25) is 0 Å². The predicted molar refractivity (Wildman–Crippen MR) is 93.9 cm³/mol. The van der Waals surface area contributed by atoms with E-state index in [9.17, 15) is 0 Å². The smallest absolute Gasteiger partial charge is 0.122 e. The molecular formula is C17H26ClNOS. The first-order valence-electron chi connectivity index (χ1n) is 7.92. The number of halogens is 1. The molecule has 1 aliphatic heterocycles. The maximum atomic E-state index is 6.17. The van der Waals surface area contributed by atoms with Crippen LogP contribution in [0.25, 0.3) is 0 Å². The molecule has 0 amide bonds. The average molecular weight is 328 g/mol. The highest BCUT2D eigenvalue weighted by molar-refractivity contribution is 8.00. The van der Waals surface area contributed by atoms with Crippen molar-refractivity contribution in [2.45, 2.75) is 50.3 Å². The molecule has 21 heavy (non-hydrogen) atoms. The number of methoxy groups -OCH3 is 1. The molecule has 4 heteroatoms. The van der Waals surface area contributed by atoms with Crippen LogP contribution in [0.4, 0.5) is 0 Å². The van der Waals surface area contributed by atoms with Gasteiger partial charge in [-0.2, -0.15) is 11.8 Å². The van der Waals surface area contributed by atoms with Crippen molar-refractivity contribution in [1.82, 2.24) is 5.32 Å². The Morgan fingerprint density at radius 2 is 2.29 bits per heavy atom. The Morgan fingerprint density at radius 3 is 2.95 bits per heavy atom. The van der Waals surface area contributed by atoms with Gasteiger partial charge in [-0.15, -0.1) is 0 Å². The van der Waals surface area contributed by atoms with Gasteiger partial charge in [0.2, 0.25) is 0 Å². The summed E-state index contributed by atoms with van der Waals surface area (Å²) in [4.78, 5) is 0. The van der Waals surface area contributed by atoms with Crippen molar-refractivity contribution >= 4 is 23.4 Å².